The lowest BCUT2D eigenvalue weighted by Crippen LogP contribution is -2.28. The molecular formula is C17H20N2O2. The molecule has 2 aromatic rings. The SMILES string of the molecule is COc1ccccc1CNC(=O)Nc1cc(C)cc(C)c1. The summed E-state index contributed by atoms with van der Waals surface area (Å²) < 4.78 is 5.26. The number of urea groups is 1. The Morgan fingerprint density at radius 1 is 1.10 bits per heavy atom. The molecule has 21 heavy (non-hydrogen) atoms. The molecule has 4 heteroatoms. The van der Waals surface area contributed by atoms with Crippen molar-refractivity contribution < 1.29 is 9.53 Å². The van der Waals surface area contributed by atoms with Gasteiger partial charge < -0.3 is 15.4 Å². The maximum atomic E-state index is 11.9. The van der Waals surface area contributed by atoms with Crippen molar-refractivity contribution in [3.8, 4) is 5.75 Å². The molecule has 0 spiro atoms. The van der Waals surface area contributed by atoms with Crippen LogP contribution in [0.2, 0.25) is 0 Å². The second-order valence-electron chi connectivity index (χ2n) is 5.00. The maximum Gasteiger partial charge on any atom is 0.319 e. The number of aryl methyl sites for hydroxylation is 2. The van der Waals surface area contributed by atoms with Crippen molar-refractivity contribution >= 4 is 11.7 Å². The van der Waals surface area contributed by atoms with Gasteiger partial charge in [-0.15, -0.1) is 0 Å². The number of hydrogen-bond acceptors (Lipinski definition) is 2. The molecule has 0 radical (unpaired) electrons. The van der Waals surface area contributed by atoms with Crippen molar-refractivity contribution in [3.05, 3.63) is 59.2 Å². The van der Waals surface area contributed by atoms with Gasteiger partial charge >= 0.3 is 6.03 Å². The van der Waals surface area contributed by atoms with Gasteiger partial charge in [0.15, 0.2) is 0 Å². The van der Waals surface area contributed by atoms with Crippen LogP contribution in [0.4, 0.5) is 10.5 Å². The predicted molar refractivity (Wildman–Crippen MR) is 84.8 cm³/mol. The highest BCUT2D eigenvalue weighted by atomic mass is 16.5. The molecule has 2 aromatic carbocycles. The number of amides is 2. The van der Waals surface area contributed by atoms with E-state index >= 15 is 0 Å². The molecule has 2 rings (SSSR count). The number of hydrogen-bond donors (Lipinski definition) is 2. The average molecular weight is 284 g/mol. The van der Waals surface area contributed by atoms with Crippen LogP contribution >= 0.6 is 0 Å². The molecular weight excluding hydrogens is 264 g/mol. The van der Waals surface area contributed by atoms with Crippen LogP contribution in [0.3, 0.4) is 0 Å². The van der Waals surface area contributed by atoms with E-state index in [-0.39, 0.29) is 6.03 Å². The summed E-state index contributed by atoms with van der Waals surface area (Å²) in [5.74, 6) is 0.768. The fourth-order valence-corrected chi connectivity index (χ4v) is 2.25. The summed E-state index contributed by atoms with van der Waals surface area (Å²) in [6, 6.07) is 13.3. The van der Waals surface area contributed by atoms with Gasteiger partial charge in [0.05, 0.1) is 7.11 Å². The Bertz CT molecular complexity index is 618. The van der Waals surface area contributed by atoms with Crippen molar-refractivity contribution in [3.63, 3.8) is 0 Å². The first-order valence-electron chi connectivity index (χ1n) is 6.83. The molecule has 0 saturated carbocycles. The van der Waals surface area contributed by atoms with E-state index in [0.717, 1.165) is 28.1 Å². The highest BCUT2D eigenvalue weighted by Gasteiger charge is 2.05. The number of carbonyl (C=O) groups excluding carboxylic acids is 1. The molecule has 2 N–H and O–H groups in total. The number of rotatable bonds is 4. The third-order valence-corrected chi connectivity index (χ3v) is 3.11. The average Bonchev–Trinajstić information content (AvgIpc) is 2.44. The van der Waals surface area contributed by atoms with E-state index in [9.17, 15) is 4.79 Å². The standard InChI is InChI=1S/C17H20N2O2/c1-12-8-13(2)10-15(9-12)19-17(20)18-11-14-6-4-5-7-16(14)21-3/h4-10H,11H2,1-3H3,(H2,18,19,20). The van der Waals surface area contributed by atoms with E-state index < -0.39 is 0 Å². The van der Waals surface area contributed by atoms with Crippen molar-refractivity contribution in [1.29, 1.82) is 0 Å². The third-order valence-electron chi connectivity index (χ3n) is 3.11. The fourth-order valence-electron chi connectivity index (χ4n) is 2.25. The molecule has 4 nitrogen and oxygen atoms in total. The van der Waals surface area contributed by atoms with Crippen LogP contribution in [0.5, 0.6) is 5.75 Å². The zero-order valence-electron chi connectivity index (χ0n) is 12.6. The summed E-state index contributed by atoms with van der Waals surface area (Å²) in [5, 5.41) is 5.67. The highest BCUT2D eigenvalue weighted by Crippen LogP contribution is 2.17. The van der Waals surface area contributed by atoms with Gasteiger partial charge in [-0.05, 0) is 43.2 Å². The van der Waals surface area contributed by atoms with E-state index in [1.54, 1.807) is 7.11 Å². The maximum absolute atomic E-state index is 11.9. The molecule has 0 aliphatic carbocycles. The van der Waals surface area contributed by atoms with Crippen molar-refractivity contribution in [1.82, 2.24) is 5.32 Å². The first kappa shape index (κ1) is 14.9. The lowest BCUT2D eigenvalue weighted by atomic mass is 10.1. The van der Waals surface area contributed by atoms with Gasteiger partial charge in [0.1, 0.15) is 5.75 Å². The van der Waals surface area contributed by atoms with Gasteiger partial charge in [0.25, 0.3) is 0 Å². The number of nitrogens with one attached hydrogen (secondary N) is 2. The molecule has 0 heterocycles. The minimum atomic E-state index is -0.231. The van der Waals surface area contributed by atoms with E-state index in [1.807, 2.05) is 50.2 Å². The molecule has 0 aliphatic heterocycles. The zero-order valence-corrected chi connectivity index (χ0v) is 12.6. The summed E-state index contributed by atoms with van der Waals surface area (Å²) in [6.07, 6.45) is 0. The quantitative estimate of drug-likeness (QED) is 0.900. The summed E-state index contributed by atoms with van der Waals surface area (Å²) in [7, 11) is 1.62. The van der Waals surface area contributed by atoms with Gasteiger partial charge in [-0.25, -0.2) is 4.79 Å². The number of carbonyl (C=O) groups is 1. The van der Waals surface area contributed by atoms with E-state index in [0.29, 0.717) is 6.54 Å². The van der Waals surface area contributed by atoms with E-state index in [1.165, 1.54) is 0 Å². The van der Waals surface area contributed by atoms with E-state index in [2.05, 4.69) is 16.7 Å². The Balaban J connectivity index is 1.96. The van der Waals surface area contributed by atoms with Gasteiger partial charge in [0, 0.05) is 17.8 Å². The summed E-state index contributed by atoms with van der Waals surface area (Å²) >= 11 is 0. The second kappa shape index (κ2) is 6.79. The lowest BCUT2D eigenvalue weighted by molar-refractivity contribution is 0.251. The molecule has 0 aromatic heterocycles. The molecule has 0 aliphatic rings. The van der Waals surface area contributed by atoms with Crippen LogP contribution in [0.25, 0.3) is 0 Å². The van der Waals surface area contributed by atoms with Crippen LogP contribution in [-0.2, 0) is 6.54 Å². The van der Waals surface area contributed by atoms with Crippen LogP contribution < -0.4 is 15.4 Å². The normalized spacial score (nSPS) is 10.0. The third kappa shape index (κ3) is 4.24. The van der Waals surface area contributed by atoms with Gasteiger partial charge in [-0.3, -0.25) is 0 Å². The van der Waals surface area contributed by atoms with E-state index in [4.69, 9.17) is 4.74 Å². The van der Waals surface area contributed by atoms with Crippen molar-refractivity contribution in [2.45, 2.75) is 20.4 Å². The van der Waals surface area contributed by atoms with Crippen LogP contribution in [-0.4, -0.2) is 13.1 Å². The van der Waals surface area contributed by atoms with Crippen LogP contribution in [0, 0.1) is 13.8 Å². The molecule has 0 fully saturated rings. The molecule has 0 saturated heterocycles. The molecule has 2 amide bonds. The number of benzene rings is 2. The first-order valence-corrected chi connectivity index (χ1v) is 6.83. The minimum Gasteiger partial charge on any atom is -0.496 e. The van der Waals surface area contributed by atoms with Crippen molar-refractivity contribution in [2.75, 3.05) is 12.4 Å². The largest absolute Gasteiger partial charge is 0.496 e. The number of anilines is 1. The lowest BCUT2D eigenvalue weighted by Gasteiger charge is -2.11. The predicted octanol–water partition coefficient (Wildman–Crippen LogP) is 3.63. The van der Waals surface area contributed by atoms with Gasteiger partial charge in [0.2, 0.25) is 0 Å². The van der Waals surface area contributed by atoms with Crippen LogP contribution in [0.1, 0.15) is 16.7 Å². The van der Waals surface area contributed by atoms with Gasteiger partial charge in [-0.1, -0.05) is 24.3 Å². The molecule has 110 valence electrons. The topological polar surface area (TPSA) is 50.4 Å². The fraction of sp³-hybridized carbons (Fsp3) is 0.235. The number of ether oxygens (including phenoxy) is 1. The first-order chi connectivity index (χ1) is 10.1. The van der Waals surface area contributed by atoms with Crippen molar-refractivity contribution in [2.24, 2.45) is 0 Å². The highest BCUT2D eigenvalue weighted by molar-refractivity contribution is 5.89. The Kier molecular flexibility index (Phi) is 4.82. The zero-order chi connectivity index (χ0) is 15.2. The summed E-state index contributed by atoms with van der Waals surface area (Å²) in [5.41, 5.74) is 3.98. The monoisotopic (exact) mass is 284 g/mol. The molecule has 0 unspecified atom stereocenters. The Morgan fingerprint density at radius 2 is 1.76 bits per heavy atom. The molecule has 0 atom stereocenters. The molecule has 0 bridgehead atoms. The summed E-state index contributed by atoms with van der Waals surface area (Å²) in [6.45, 7) is 4.43. The number of methoxy groups -OCH3 is 1. The Hall–Kier alpha value is -2.49. The van der Waals surface area contributed by atoms with Gasteiger partial charge in [-0.2, -0.15) is 0 Å². The summed E-state index contributed by atoms with van der Waals surface area (Å²) in [4.78, 5) is 11.9. The minimum absolute atomic E-state index is 0.231. The van der Waals surface area contributed by atoms with Crippen LogP contribution in [0.15, 0.2) is 42.5 Å². The Labute approximate surface area is 125 Å². The smallest absolute Gasteiger partial charge is 0.319 e. The Morgan fingerprint density at radius 3 is 2.43 bits per heavy atom. The second-order valence-corrected chi connectivity index (χ2v) is 5.00. The number of para-hydroxylation sites is 1.